The van der Waals surface area contributed by atoms with Gasteiger partial charge in [-0.25, -0.2) is 4.79 Å². The van der Waals surface area contributed by atoms with Gasteiger partial charge in [-0.2, -0.15) is 0 Å². The van der Waals surface area contributed by atoms with Crippen molar-refractivity contribution in [1.29, 1.82) is 0 Å². The first-order valence-corrected chi connectivity index (χ1v) is 6.28. The molecular weight excluding hydrogens is 232 g/mol. The Morgan fingerprint density at radius 3 is 2.94 bits per heavy atom. The van der Waals surface area contributed by atoms with Crippen molar-refractivity contribution in [2.75, 3.05) is 27.2 Å². The van der Waals surface area contributed by atoms with Crippen LogP contribution in [0.5, 0.6) is 0 Å². The Morgan fingerprint density at radius 2 is 2.28 bits per heavy atom. The van der Waals surface area contributed by atoms with Crippen molar-refractivity contribution >= 4 is 5.97 Å². The Balaban J connectivity index is 2.00. The van der Waals surface area contributed by atoms with Crippen LogP contribution in [-0.4, -0.2) is 44.2 Å². The summed E-state index contributed by atoms with van der Waals surface area (Å²) in [4.78, 5) is 13.8. The lowest BCUT2D eigenvalue weighted by atomic mass is 10.0. The summed E-state index contributed by atoms with van der Waals surface area (Å²) < 4.78 is 9.89. The second-order valence-corrected chi connectivity index (χ2v) is 4.66. The van der Waals surface area contributed by atoms with E-state index in [1.165, 1.54) is 13.4 Å². The summed E-state index contributed by atoms with van der Waals surface area (Å²) in [6.45, 7) is 2.83. The maximum atomic E-state index is 11.5. The molecule has 1 saturated heterocycles. The van der Waals surface area contributed by atoms with E-state index in [1.54, 1.807) is 0 Å². The zero-order chi connectivity index (χ0) is 13.0. The number of esters is 1. The second-order valence-electron chi connectivity index (χ2n) is 4.66. The fourth-order valence-corrected chi connectivity index (χ4v) is 2.38. The monoisotopic (exact) mass is 252 g/mol. The van der Waals surface area contributed by atoms with Crippen molar-refractivity contribution < 1.29 is 13.9 Å². The Kier molecular flexibility index (Phi) is 4.38. The van der Waals surface area contributed by atoms with Gasteiger partial charge in [0.05, 0.1) is 13.4 Å². The first-order chi connectivity index (χ1) is 8.72. The Labute approximate surface area is 107 Å². The number of rotatable bonds is 4. The van der Waals surface area contributed by atoms with Crippen molar-refractivity contribution in [2.24, 2.45) is 0 Å². The number of hydrogen-bond donors (Lipinski definition) is 1. The molecule has 2 rings (SSSR count). The number of methoxy groups -OCH3 is 1. The molecule has 1 aliphatic rings. The molecule has 0 radical (unpaired) electrons. The van der Waals surface area contributed by atoms with E-state index < -0.39 is 5.97 Å². The minimum Gasteiger partial charge on any atom is -0.463 e. The van der Waals surface area contributed by atoms with Crippen LogP contribution in [0.1, 0.15) is 29.0 Å². The number of piperidine rings is 1. The fourth-order valence-electron chi connectivity index (χ4n) is 2.38. The van der Waals surface area contributed by atoms with E-state index in [0.29, 0.717) is 18.3 Å². The molecule has 18 heavy (non-hydrogen) atoms. The maximum Gasteiger partial charge on any atom is 0.374 e. The summed E-state index contributed by atoms with van der Waals surface area (Å²) in [7, 11) is 3.45. The molecule has 1 N–H and O–H groups in total. The topological polar surface area (TPSA) is 54.7 Å². The summed E-state index contributed by atoms with van der Waals surface area (Å²) in [5, 5.41) is 3.35. The molecule has 0 amide bonds. The molecule has 0 saturated carbocycles. The lowest BCUT2D eigenvalue weighted by Gasteiger charge is -2.31. The van der Waals surface area contributed by atoms with Gasteiger partial charge in [-0.3, -0.25) is 4.90 Å². The minimum absolute atomic E-state index is 0.318. The van der Waals surface area contributed by atoms with Crippen molar-refractivity contribution in [3.8, 4) is 0 Å². The molecule has 0 aromatic carbocycles. The van der Waals surface area contributed by atoms with Gasteiger partial charge in [0.15, 0.2) is 0 Å². The molecule has 0 atom stereocenters. The van der Waals surface area contributed by atoms with Crippen LogP contribution >= 0.6 is 0 Å². The van der Waals surface area contributed by atoms with E-state index in [9.17, 15) is 4.79 Å². The van der Waals surface area contributed by atoms with Crippen LogP contribution in [0.25, 0.3) is 0 Å². The number of nitrogens with zero attached hydrogens (tertiary/aromatic N) is 1. The van der Waals surface area contributed by atoms with E-state index in [0.717, 1.165) is 31.5 Å². The molecular formula is C13H20N2O3. The Bertz CT molecular complexity index is 397. The number of furan rings is 1. The van der Waals surface area contributed by atoms with Gasteiger partial charge in [-0.05, 0) is 39.0 Å². The normalized spacial score (nSPS) is 17.1. The van der Waals surface area contributed by atoms with Crippen molar-refractivity contribution in [3.05, 3.63) is 23.7 Å². The van der Waals surface area contributed by atoms with Crippen LogP contribution in [0.3, 0.4) is 0 Å². The quantitative estimate of drug-likeness (QED) is 0.817. The molecule has 100 valence electrons. The second kappa shape index (κ2) is 6.02. The van der Waals surface area contributed by atoms with Crippen molar-refractivity contribution in [2.45, 2.75) is 25.4 Å². The number of carbonyl (C=O) groups excluding carboxylic acids is 1. The number of carbonyl (C=O) groups is 1. The van der Waals surface area contributed by atoms with Gasteiger partial charge in [-0.1, -0.05) is 0 Å². The molecule has 1 fully saturated rings. The molecule has 1 aliphatic heterocycles. The van der Waals surface area contributed by atoms with Crippen molar-refractivity contribution in [1.82, 2.24) is 10.2 Å². The maximum absolute atomic E-state index is 11.5. The van der Waals surface area contributed by atoms with Gasteiger partial charge >= 0.3 is 5.97 Å². The largest absolute Gasteiger partial charge is 0.463 e. The lowest BCUT2D eigenvalue weighted by Crippen LogP contribution is -2.40. The fraction of sp³-hybridized carbons (Fsp3) is 0.615. The Hall–Kier alpha value is -1.33. The highest BCUT2D eigenvalue weighted by Crippen LogP contribution is 2.18. The first kappa shape index (κ1) is 13.1. The molecule has 5 nitrogen and oxygen atoms in total. The van der Waals surface area contributed by atoms with Crippen LogP contribution in [0.4, 0.5) is 0 Å². The highest BCUT2D eigenvalue weighted by Gasteiger charge is 2.21. The molecule has 0 unspecified atom stereocenters. The van der Waals surface area contributed by atoms with Gasteiger partial charge in [-0.15, -0.1) is 0 Å². The third-order valence-electron chi connectivity index (χ3n) is 3.47. The summed E-state index contributed by atoms with van der Waals surface area (Å²) in [5.74, 6) is -0.0907. The highest BCUT2D eigenvalue weighted by molar-refractivity contribution is 5.87. The number of nitrogens with one attached hydrogen (secondary N) is 1. The predicted octanol–water partition coefficient (Wildman–Crippen LogP) is 1.25. The van der Waals surface area contributed by atoms with Gasteiger partial charge < -0.3 is 14.5 Å². The summed E-state index contributed by atoms with van der Waals surface area (Å²) in [5.41, 5.74) is 0.892. The Morgan fingerprint density at radius 1 is 1.56 bits per heavy atom. The van der Waals surface area contributed by atoms with E-state index in [2.05, 4.69) is 17.3 Å². The molecule has 0 bridgehead atoms. The number of hydrogen-bond acceptors (Lipinski definition) is 5. The predicted molar refractivity (Wildman–Crippen MR) is 67.4 cm³/mol. The summed E-state index contributed by atoms with van der Waals surface area (Å²) in [6, 6.07) is 2.40. The van der Waals surface area contributed by atoms with Gasteiger partial charge in [0.2, 0.25) is 5.76 Å². The molecule has 2 heterocycles. The molecule has 0 aliphatic carbocycles. The molecule has 1 aromatic rings. The summed E-state index contributed by atoms with van der Waals surface area (Å²) in [6.07, 6.45) is 3.82. The van der Waals surface area contributed by atoms with E-state index in [4.69, 9.17) is 9.15 Å². The third-order valence-corrected chi connectivity index (χ3v) is 3.47. The van der Waals surface area contributed by atoms with Gasteiger partial charge in [0.25, 0.3) is 0 Å². The number of ether oxygens (including phenoxy) is 1. The van der Waals surface area contributed by atoms with E-state index in [-0.39, 0.29) is 0 Å². The molecule has 0 spiro atoms. The van der Waals surface area contributed by atoms with Crippen LogP contribution in [0.2, 0.25) is 0 Å². The smallest absolute Gasteiger partial charge is 0.374 e. The van der Waals surface area contributed by atoms with E-state index in [1.807, 2.05) is 6.07 Å². The van der Waals surface area contributed by atoms with Crippen LogP contribution < -0.4 is 5.32 Å². The first-order valence-electron chi connectivity index (χ1n) is 6.28. The van der Waals surface area contributed by atoms with Gasteiger partial charge in [0.1, 0.15) is 0 Å². The average Bonchev–Trinajstić information content (AvgIpc) is 2.87. The molecule has 1 aromatic heterocycles. The minimum atomic E-state index is -0.409. The van der Waals surface area contributed by atoms with E-state index >= 15 is 0 Å². The van der Waals surface area contributed by atoms with Gasteiger partial charge in [0, 0.05) is 18.2 Å². The zero-order valence-corrected chi connectivity index (χ0v) is 10.9. The molecule has 5 heteroatoms. The highest BCUT2D eigenvalue weighted by atomic mass is 16.5. The van der Waals surface area contributed by atoms with Crippen molar-refractivity contribution in [3.63, 3.8) is 0 Å². The van der Waals surface area contributed by atoms with Crippen LogP contribution in [-0.2, 0) is 11.3 Å². The average molecular weight is 252 g/mol. The van der Waals surface area contributed by atoms with Crippen LogP contribution in [0.15, 0.2) is 16.7 Å². The SMILES string of the molecule is COC(=O)c1occc1CN(C)C1CCNCC1. The van der Waals surface area contributed by atoms with Crippen LogP contribution in [0, 0.1) is 0 Å². The zero-order valence-electron chi connectivity index (χ0n) is 10.9. The summed E-state index contributed by atoms with van der Waals surface area (Å²) >= 11 is 0. The third kappa shape index (κ3) is 2.91. The standard InChI is InChI=1S/C13H20N2O3/c1-15(11-3-6-14-7-4-11)9-10-5-8-18-12(10)13(16)17-2/h5,8,11,14H,3-4,6-7,9H2,1-2H3. The lowest BCUT2D eigenvalue weighted by molar-refractivity contribution is 0.0561.